The van der Waals surface area contributed by atoms with Crippen molar-refractivity contribution < 1.29 is 4.74 Å². The number of aromatic nitrogens is 4. The predicted octanol–water partition coefficient (Wildman–Crippen LogP) is 0.579. The number of nitrogens with one attached hydrogen (secondary N) is 1. The molecule has 0 fully saturated rings. The number of aromatic amines is 1. The number of nitrogens with zero attached hydrogens (tertiary/aromatic N) is 3. The maximum atomic E-state index is 11.7. The maximum Gasteiger partial charge on any atom is 0.274 e. The molecule has 2 heterocycles. The molecule has 0 bridgehead atoms. The number of fused-ring (bicyclic) bond motifs is 1. The number of H-pyrrole nitrogens is 1. The highest BCUT2D eigenvalue weighted by Gasteiger charge is 2.04. The van der Waals surface area contributed by atoms with Crippen molar-refractivity contribution in [2.24, 2.45) is 0 Å². The molecule has 3 N–H and O–H groups in total. The second-order valence-corrected chi connectivity index (χ2v) is 3.97. The lowest BCUT2D eigenvalue weighted by Crippen LogP contribution is -2.16. The molecule has 19 heavy (non-hydrogen) atoms. The van der Waals surface area contributed by atoms with Crippen LogP contribution in [-0.2, 0) is 6.61 Å². The molecule has 0 saturated heterocycles. The van der Waals surface area contributed by atoms with Crippen molar-refractivity contribution in [3.63, 3.8) is 0 Å². The van der Waals surface area contributed by atoms with E-state index in [1.165, 1.54) is 16.9 Å². The molecule has 7 nitrogen and oxygen atoms in total. The van der Waals surface area contributed by atoms with Gasteiger partial charge in [-0.1, -0.05) is 0 Å². The molecule has 0 spiro atoms. The van der Waals surface area contributed by atoms with Crippen LogP contribution in [0.25, 0.3) is 5.78 Å². The molecule has 0 radical (unpaired) electrons. The van der Waals surface area contributed by atoms with Crippen LogP contribution >= 0.6 is 0 Å². The summed E-state index contributed by atoms with van der Waals surface area (Å²) in [6.07, 6.45) is 1.41. The molecule has 2 aromatic heterocycles. The van der Waals surface area contributed by atoms with E-state index in [-0.39, 0.29) is 12.2 Å². The van der Waals surface area contributed by atoms with E-state index in [1.807, 2.05) is 0 Å². The van der Waals surface area contributed by atoms with Gasteiger partial charge < -0.3 is 10.5 Å². The highest BCUT2D eigenvalue weighted by Crippen LogP contribution is 2.14. The fourth-order valence-corrected chi connectivity index (χ4v) is 1.66. The van der Waals surface area contributed by atoms with E-state index in [2.05, 4.69) is 15.1 Å². The Morgan fingerprint density at radius 3 is 2.89 bits per heavy atom. The van der Waals surface area contributed by atoms with Gasteiger partial charge in [0.2, 0.25) is 0 Å². The van der Waals surface area contributed by atoms with E-state index in [1.54, 1.807) is 24.3 Å². The largest absolute Gasteiger partial charge is 0.487 e. The summed E-state index contributed by atoms with van der Waals surface area (Å²) in [7, 11) is 0. The van der Waals surface area contributed by atoms with Gasteiger partial charge in [-0.15, -0.1) is 0 Å². The lowest BCUT2D eigenvalue weighted by Gasteiger charge is -2.05. The van der Waals surface area contributed by atoms with Crippen LogP contribution in [0.3, 0.4) is 0 Å². The third kappa shape index (κ3) is 2.25. The summed E-state index contributed by atoms with van der Waals surface area (Å²) >= 11 is 0. The Morgan fingerprint density at radius 1 is 1.32 bits per heavy atom. The number of nitrogen functional groups attached to an aromatic ring is 1. The normalized spacial score (nSPS) is 10.7. The van der Waals surface area contributed by atoms with Gasteiger partial charge in [0, 0.05) is 11.8 Å². The smallest absolute Gasteiger partial charge is 0.274 e. The average Bonchev–Trinajstić information content (AvgIpc) is 2.87. The first kappa shape index (κ1) is 11.3. The van der Waals surface area contributed by atoms with Crippen LogP contribution in [0.5, 0.6) is 5.75 Å². The maximum absolute atomic E-state index is 11.7. The summed E-state index contributed by atoms with van der Waals surface area (Å²) in [6.45, 7) is 0.197. The Hall–Kier alpha value is -2.83. The Kier molecular flexibility index (Phi) is 2.64. The van der Waals surface area contributed by atoms with Crippen LogP contribution in [0.4, 0.5) is 5.69 Å². The molecule has 0 aliphatic rings. The Labute approximate surface area is 107 Å². The lowest BCUT2D eigenvalue weighted by atomic mass is 10.3. The molecule has 0 saturated carbocycles. The lowest BCUT2D eigenvalue weighted by molar-refractivity contribution is 0.301. The number of hydrogen-bond donors (Lipinski definition) is 2. The van der Waals surface area contributed by atoms with E-state index in [4.69, 9.17) is 10.5 Å². The predicted molar refractivity (Wildman–Crippen MR) is 68.8 cm³/mol. The van der Waals surface area contributed by atoms with Gasteiger partial charge in [0.1, 0.15) is 18.7 Å². The molecule has 0 aliphatic carbocycles. The first-order valence-corrected chi connectivity index (χ1v) is 5.63. The average molecular weight is 257 g/mol. The van der Waals surface area contributed by atoms with Gasteiger partial charge >= 0.3 is 0 Å². The van der Waals surface area contributed by atoms with Crippen molar-refractivity contribution in [2.45, 2.75) is 6.61 Å². The van der Waals surface area contributed by atoms with E-state index >= 15 is 0 Å². The molecule has 0 amide bonds. The highest BCUT2D eigenvalue weighted by atomic mass is 16.5. The van der Waals surface area contributed by atoms with Gasteiger partial charge in [0.15, 0.2) is 0 Å². The number of nitrogens with two attached hydrogens (primary N) is 1. The minimum absolute atomic E-state index is 0.197. The van der Waals surface area contributed by atoms with Gasteiger partial charge in [0.05, 0.1) is 5.69 Å². The zero-order valence-electron chi connectivity index (χ0n) is 9.91. The molecule has 7 heteroatoms. The molecule has 3 aromatic rings. The van der Waals surface area contributed by atoms with Crippen LogP contribution in [0.2, 0.25) is 0 Å². The fraction of sp³-hybridized carbons (Fsp3) is 0.0833. The Bertz CT molecular complexity index is 760. The summed E-state index contributed by atoms with van der Waals surface area (Å²) in [5, 5.41) is 2.67. The van der Waals surface area contributed by atoms with E-state index in [9.17, 15) is 4.79 Å². The van der Waals surface area contributed by atoms with Crippen molar-refractivity contribution in [3.05, 3.63) is 52.7 Å². The third-order valence-corrected chi connectivity index (χ3v) is 2.59. The summed E-state index contributed by atoms with van der Waals surface area (Å²) < 4.78 is 6.78. The van der Waals surface area contributed by atoms with Crippen molar-refractivity contribution in [3.8, 4) is 5.75 Å². The minimum atomic E-state index is -0.224. The van der Waals surface area contributed by atoms with Crippen LogP contribution in [0, 0.1) is 0 Å². The van der Waals surface area contributed by atoms with Crippen molar-refractivity contribution in [2.75, 3.05) is 5.73 Å². The molecule has 0 unspecified atom stereocenters. The SMILES string of the molecule is Nc1ccc(OCc2cc(=O)n3[nH]cnc3n2)cc1. The number of rotatable bonds is 3. The molecule has 1 aromatic carbocycles. The van der Waals surface area contributed by atoms with Crippen LogP contribution in [0.1, 0.15) is 5.69 Å². The molecule has 96 valence electrons. The van der Waals surface area contributed by atoms with E-state index < -0.39 is 0 Å². The quantitative estimate of drug-likeness (QED) is 0.669. The molecular formula is C12H11N5O2. The second-order valence-electron chi connectivity index (χ2n) is 3.97. The monoisotopic (exact) mass is 257 g/mol. The highest BCUT2D eigenvalue weighted by molar-refractivity contribution is 5.41. The molecule has 0 atom stereocenters. The fourth-order valence-electron chi connectivity index (χ4n) is 1.66. The van der Waals surface area contributed by atoms with Crippen LogP contribution in [0.15, 0.2) is 41.5 Å². The van der Waals surface area contributed by atoms with Crippen molar-refractivity contribution >= 4 is 11.5 Å². The number of anilines is 1. The molecule has 3 rings (SSSR count). The van der Waals surface area contributed by atoms with Gasteiger partial charge in [-0.05, 0) is 24.3 Å². The van der Waals surface area contributed by atoms with E-state index in [0.717, 1.165) is 0 Å². The standard InChI is InChI=1S/C12H11N5O2/c13-8-1-3-10(4-2-8)19-6-9-5-11(18)17-12(16-9)14-7-15-17/h1-5,7H,6,13H2,(H,14,15,16). The van der Waals surface area contributed by atoms with Gasteiger partial charge in [-0.2, -0.15) is 4.52 Å². The molecular weight excluding hydrogens is 246 g/mol. The topological polar surface area (TPSA) is 98.3 Å². The molecule has 0 aliphatic heterocycles. The number of benzene rings is 1. The van der Waals surface area contributed by atoms with Crippen molar-refractivity contribution in [1.29, 1.82) is 0 Å². The summed E-state index contributed by atoms with van der Waals surface area (Å²) in [5.41, 5.74) is 6.55. The Balaban J connectivity index is 1.81. The summed E-state index contributed by atoms with van der Waals surface area (Å²) in [5.74, 6) is 0.988. The van der Waals surface area contributed by atoms with Gasteiger partial charge in [-0.25, -0.2) is 9.97 Å². The van der Waals surface area contributed by atoms with E-state index in [0.29, 0.717) is 22.9 Å². The first-order chi connectivity index (χ1) is 9.22. The Morgan fingerprint density at radius 2 is 2.11 bits per heavy atom. The number of ether oxygens (including phenoxy) is 1. The number of hydrogen-bond acceptors (Lipinski definition) is 5. The zero-order valence-corrected chi connectivity index (χ0v) is 9.91. The van der Waals surface area contributed by atoms with Crippen LogP contribution < -0.4 is 16.0 Å². The zero-order chi connectivity index (χ0) is 13.2. The summed E-state index contributed by atoms with van der Waals surface area (Å²) in [6, 6.07) is 8.41. The van der Waals surface area contributed by atoms with Crippen molar-refractivity contribution in [1.82, 2.24) is 19.6 Å². The second kappa shape index (κ2) is 4.45. The van der Waals surface area contributed by atoms with Gasteiger partial charge in [-0.3, -0.25) is 9.89 Å². The minimum Gasteiger partial charge on any atom is -0.487 e. The summed E-state index contributed by atoms with van der Waals surface area (Å²) in [4.78, 5) is 19.8. The third-order valence-electron chi connectivity index (χ3n) is 2.59. The first-order valence-electron chi connectivity index (χ1n) is 5.63. The van der Waals surface area contributed by atoms with Gasteiger partial charge in [0.25, 0.3) is 11.3 Å². The van der Waals surface area contributed by atoms with Crippen LogP contribution in [-0.4, -0.2) is 19.6 Å².